The molecular weight excluding hydrogens is 426 g/mol. The standard InChI is InChI=1S/C23H29N5O5/c1-15-6-5-7-16(12-15)13-28-19-20(25(2)23(31)26(3)21(19)30)24-22(28)33-17-8-10-27(11-9-17)18(29)14-32-4/h5-7,12,17H,8-11,13-14H2,1-4H3. The molecule has 2 aromatic heterocycles. The van der Waals surface area contributed by atoms with E-state index in [0.29, 0.717) is 49.7 Å². The fraction of sp³-hybridized carbons (Fsp3) is 0.478. The minimum Gasteiger partial charge on any atom is -0.461 e. The first-order chi connectivity index (χ1) is 15.8. The maximum absolute atomic E-state index is 13.0. The summed E-state index contributed by atoms with van der Waals surface area (Å²) in [6.45, 7) is 3.58. The minimum absolute atomic E-state index is 0.0406. The van der Waals surface area contributed by atoms with Gasteiger partial charge in [-0.2, -0.15) is 4.98 Å². The Bertz CT molecular complexity index is 1300. The van der Waals surface area contributed by atoms with Gasteiger partial charge in [0.15, 0.2) is 11.2 Å². The van der Waals surface area contributed by atoms with Crippen molar-refractivity contribution in [2.75, 3.05) is 26.8 Å². The molecule has 1 aliphatic rings. The summed E-state index contributed by atoms with van der Waals surface area (Å²) < 4.78 is 15.4. The zero-order valence-electron chi connectivity index (χ0n) is 19.4. The average molecular weight is 456 g/mol. The molecule has 1 aliphatic heterocycles. The number of ether oxygens (including phenoxy) is 2. The van der Waals surface area contributed by atoms with Crippen LogP contribution in [0.3, 0.4) is 0 Å². The van der Waals surface area contributed by atoms with Crippen LogP contribution in [-0.2, 0) is 30.2 Å². The van der Waals surface area contributed by atoms with Gasteiger partial charge in [-0.1, -0.05) is 29.8 Å². The summed E-state index contributed by atoms with van der Waals surface area (Å²) in [6.07, 6.45) is 1.12. The molecule has 176 valence electrons. The van der Waals surface area contributed by atoms with Gasteiger partial charge >= 0.3 is 5.69 Å². The van der Waals surface area contributed by atoms with Crippen molar-refractivity contribution in [3.8, 4) is 6.01 Å². The largest absolute Gasteiger partial charge is 0.461 e. The lowest BCUT2D eigenvalue weighted by molar-refractivity contribution is -0.136. The van der Waals surface area contributed by atoms with Crippen LogP contribution in [0.4, 0.5) is 0 Å². The van der Waals surface area contributed by atoms with Gasteiger partial charge in [-0.05, 0) is 12.5 Å². The molecule has 33 heavy (non-hydrogen) atoms. The monoisotopic (exact) mass is 455 g/mol. The molecular formula is C23H29N5O5. The molecule has 10 heteroatoms. The van der Waals surface area contributed by atoms with E-state index in [-0.39, 0.29) is 18.6 Å². The fourth-order valence-electron chi connectivity index (χ4n) is 4.24. The fourth-order valence-corrected chi connectivity index (χ4v) is 4.24. The van der Waals surface area contributed by atoms with E-state index in [9.17, 15) is 14.4 Å². The summed E-state index contributed by atoms with van der Waals surface area (Å²) >= 11 is 0. The van der Waals surface area contributed by atoms with Gasteiger partial charge in [0.05, 0.1) is 6.54 Å². The number of fused-ring (bicyclic) bond motifs is 1. The van der Waals surface area contributed by atoms with Crippen LogP contribution in [0.25, 0.3) is 11.2 Å². The summed E-state index contributed by atoms with van der Waals surface area (Å²) in [7, 11) is 4.56. The van der Waals surface area contributed by atoms with E-state index in [2.05, 4.69) is 4.98 Å². The molecule has 1 aromatic carbocycles. The molecule has 0 aliphatic carbocycles. The third kappa shape index (κ3) is 4.43. The van der Waals surface area contributed by atoms with Crippen LogP contribution >= 0.6 is 0 Å². The van der Waals surface area contributed by atoms with Crippen molar-refractivity contribution >= 4 is 17.1 Å². The normalized spacial score (nSPS) is 14.7. The Hall–Kier alpha value is -3.40. The number of nitrogens with zero attached hydrogens (tertiary/aromatic N) is 5. The molecule has 0 saturated carbocycles. The number of piperidine rings is 1. The number of carbonyl (C=O) groups is 1. The molecule has 0 bridgehead atoms. The lowest BCUT2D eigenvalue weighted by atomic mass is 10.1. The van der Waals surface area contributed by atoms with E-state index < -0.39 is 11.2 Å². The molecule has 1 saturated heterocycles. The Labute approximate surface area is 191 Å². The second-order valence-corrected chi connectivity index (χ2v) is 8.48. The van der Waals surface area contributed by atoms with Gasteiger partial charge in [0.25, 0.3) is 11.6 Å². The molecule has 0 unspecified atom stereocenters. The SMILES string of the molecule is COCC(=O)N1CCC(Oc2nc3c(c(=O)n(C)c(=O)n3C)n2Cc2cccc(C)c2)CC1. The van der Waals surface area contributed by atoms with E-state index >= 15 is 0 Å². The molecule has 1 amide bonds. The highest BCUT2D eigenvalue weighted by Crippen LogP contribution is 2.24. The maximum Gasteiger partial charge on any atom is 0.332 e. The van der Waals surface area contributed by atoms with Gasteiger partial charge < -0.3 is 14.4 Å². The van der Waals surface area contributed by atoms with Crippen molar-refractivity contribution in [1.29, 1.82) is 0 Å². The number of benzene rings is 1. The Balaban J connectivity index is 1.69. The number of aromatic nitrogens is 4. The summed E-state index contributed by atoms with van der Waals surface area (Å²) in [5.74, 6) is -0.0406. The first kappa shape index (κ1) is 22.8. The quantitative estimate of drug-likeness (QED) is 0.545. The van der Waals surface area contributed by atoms with Crippen molar-refractivity contribution in [1.82, 2.24) is 23.6 Å². The Morgan fingerprint density at radius 2 is 1.88 bits per heavy atom. The average Bonchev–Trinajstić information content (AvgIpc) is 3.15. The van der Waals surface area contributed by atoms with Crippen LogP contribution in [0.15, 0.2) is 33.9 Å². The van der Waals surface area contributed by atoms with Crippen molar-refractivity contribution in [3.63, 3.8) is 0 Å². The lowest BCUT2D eigenvalue weighted by Crippen LogP contribution is -2.43. The second-order valence-electron chi connectivity index (χ2n) is 8.48. The summed E-state index contributed by atoms with van der Waals surface area (Å²) in [4.78, 5) is 43.9. The lowest BCUT2D eigenvalue weighted by Gasteiger charge is -2.31. The zero-order chi connectivity index (χ0) is 23.7. The first-order valence-electron chi connectivity index (χ1n) is 10.9. The number of methoxy groups -OCH3 is 1. The van der Waals surface area contributed by atoms with E-state index in [1.165, 1.54) is 18.7 Å². The van der Waals surface area contributed by atoms with Crippen LogP contribution in [0.2, 0.25) is 0 Å². The van der Waals surface area contributed by atoms with Crippen molar-refractivity contribution in [2.24, 2.45) is 14.1 Å². The van der Waals surface area contributed by atoms with Crippen molar-refractivity contribution in [2.45, 2.75) is 32.4 Å². The van der Waals surface area contributed by atoms with Gasteiger partial charge in [-0.3, -0.25) is 23.3 Å². The number of hydrogen-bond acceptors (Lipinski definition) is 6. The van der Waals surface area contributed by atoms with Crippen LogP contribution in [0, 0.1) is 6.92 Å². The molecule has 0 spiro atoms. The highest BCUT2D eigenvalue weighted by Gasteiger charge is 2.27. The number of hydrogen-bond donors (Lipinski definition) is 0. The van der Waals surface area contributed by atoms with E-state index in [4.69, 9.17) is 9.47 Å². The van der Waals surface area contributed by atoms with Crippen molar-refractivity contribution < 1.29 is 14.3 Å². The second kappa shape index (κ2) is 9.22. The number of imidazole rings is 1. The Morgan fingerprint density at radius 3 is 2.55 bits per heavy atom. The molecule has 3 heterocycles. The highest BCUT2D eigenvalue weighted by atomic mass is 16.5. The van der Waals surface area contributed by atoms with E-state index in [1.54, 1.807) is 16.5 Å². The molecule has 0 radical (unpaired) electrons. The summed E-state index contributed by atoms with van der Waals surface area (Å²) in [5, 5.41) is 0. The topological polar surface area (TPSA) is 101 Å². The third-order valence-corrected chi connectivity index (χ3v) is 6.07. The number of carbonyl (C=O) groups excluding carboxylic acids is 1. The number of aryl methyl sites for hydroxylation is 2. The summed E-state index contributed by atoms with van der Waals surface area (Å²) in [5.41, 5.74) is 1.86. The number of rotatable bonds is 6. The molecule has 0 N–H and O–H groups in total. The Kier molecular flexibility index (Phi) is 6.37. The Morgan fingerprint density at radius 1 is 1.15 bits per heavy atom. The van der Waals surface area contributed by atoms with Gasteiger partial charge in [-0.25, -0.2) is 4.79 Å². The molecule has 10 nitrogen and oxygen atoms in total. The molecule has 0 atom stereocenters. The van der Waals surface area contributed by atoms with E-state index in [0.717, 1.165) is 15.7 Å². The van der Waals surface area contributed by atoms with Crippen molar-refractivity contribution in [3.05, 3.63) is 56.2 Å². The number of likely N-dealkylation sites (tertiary alicyclic amines) is 1. The summed E-state index contributed by atoms with van der Waals surface area (Å²) in [6, 6.07) is 8.29. The highest BCUT2D eigenvalue weighted by molar-refractivity contribution is 5.77. The van der Waals surface area contributed by atoms with Crippen LogP contribution in [0.1, 0.15) is 24.0 Å². The van der Waals surface area contributed by atoms with Gasteiger partial charge in [-0.15, -0.1) is 0 Å². The van der Waals surface area contributed by atoms with Gasteiger partial charge in [0.2, 0.25) is 5.91 Å². The predicted octanol–water partition coefficient (Wildman–Crippen LogP) is 0.807. The predicted molar refractivity (Wildman–Crippen MR) is 123 cm³/mol. The molecule has 4 rings (SSSR count). The molecule has 1 fully saturated rings. The minimum atomic E-state index is -0.441. The van der Waals surface area contributed by atoms with Crippen LogP contribution in [0.5, 0.6) is 6.01 Å². The van der Waals surface area contributed by atoms with Crippen LogP contribution < -0.4 is 16.0 Å². The van der Waals surface area contributed by atoms with Crippen LogP contribution in [-0.4, -0.2) is 62.4 Å². The maximum atomic E-state index is 13.0. The van der Waals surface area contributed by atoms with Gasteiger partial charge in [0.1, 0.15) is 12.7 Å². The van der Waals surface area contributed by atoms with Gasteiger partial charge in [0, 0.05) is 47.1 Å². The smallest absolute Gasteiger partial charge is 0.332 e. The first-order valence-corrected chi connectivity index (χ1v) is 10.9. The number of amides is 1. The third-order valence-electron chi connectivity index (χ3n) is 6.07. The zero-order valence-corrected chi connectivity index (χ0v) is 19.4. The van der Waals surface area contributed by atoms with E-state index in [1.807, 2.05) is 31.2 Å². The molecule has 3 aromatic rings.